The highest BCUT2D eigenvalue weighted by molar-refractivity contribution is 7.98. The van der Waals surface area contributed by atoms with Crippen molar-refractivity contribution >= 4 is 11.8 Å². The third kappa shape index (κ3) is 4.11. The first-order valence-electron chi connectivity index (χ1n) is 8.83. The zero-order valence-corrected chi connectivity index (χ0v) is 15.9. The maximum Gasteiger partial charge on any atom is 0.192 e. The minimum Gasteiger partial charge on any atom is -0.298 e. The average molecular weight is 383 g/mol. The molecule has 0 amide bonds. The second-order valence-electron chi connectivity index (χ2n) is 6.21. The highest BCUT2D eigenvalue weighted by atomic mass is 32.2. The molecule has 0 aliphatic rings. The summed E-state index contributed by atoms with van der Waals surface area (Å²) in [6.45, 7) is 0.687. The quantitative estimate of drug-likeness (QED) is 0.457. The van der Waals surface area contributed by atoms with Crippen LogP contribution in [0, 0.1) is 11.3 Å². The van der Waals surface area contributed by atoms with Gasteiger partial charge in [0.1, 0.15) is 0 Å². The van der Waals surface area contributed by atoms with Crippen LogP contribution in [0.1, 0.15) is 16.7 Å². The Hall–Kier alpha value is -3.43. The zero-order valence-electron chi connectivity index (χ0n) is 15.1. The Balaban J connectivity index is 1.64. The fourth-order valence-electron chi connectivity index (χ4n) is 2.90. The standard InChI is InChI=1S/C22H17N5S/c23-14-18-7-4-8-19(13-18)16-28-22-26-25-21(20-9-11-24-12-10-20)27(22)15-17-5-2-1-3-6-17/h1-13H,15-16H2. The monoisotopic (exact) mass is 383 g/mol. The molecule has 6 heteroatoms. The lowest BCUT2D eigenvalue weighted by atomic mass is 10.2. The van der Waals surface area contributed by atoms with Crippen molar-refractivity contribution in [1.29, 1.82) is 5.26 Å². The molecule has 0 aliphatic heterocycles. The molecule has 136 valence electrons. The third-order valence-corrected chi connectivity index (χ3v) is 5.30. The van der Waals surface area contributed by atoms with E-state index in [0.717, 1.165) is 27.9 Å². The molecule has 4 aromatic rings. The summed E-state index contributed by atoms with van der Waals surface area (Å²) in [4.78, 5) is 4.09. The topological polar surface area (TPSA) is 67.4 Å². The number of aromatic nitrogens is 4. The van der Waals surface area contributed by atoms with E-state index in [9.17, 15) is 0 Å². The second kappa shape index (κ2) is 8.51. The molecule has 0 spiro atoms. The van der Waals surface area contributed by atoms with E-state index < -0.39 is 0 Å². The Labute approximate surface area is 167 Å². The van der Waals surface area contributed by atoms with Gasteiger partial charge in [0.25, 0.3) is 0 Å². The molecule has 0 radical (unpaired) electrons. The van der Waals surface area contributed by atoms with Gasteiger partial charge in [0.05, 0.1) is 18.2 Å². The molecule has 0 saturated heterocycles. The van der Waals surface area contributed by atoms with Crippen LogP contribution < -0.4 is 0 Å². The van der Waals surface area contributed by atoms with Gasteiger partial charge in [-0.2, -0.15) is 5.26 Å². The maximum atomic E-state index is 9.10. The first-order chi connectivity index (χ1) is 13.8. The third-order valence-electron chi connectivity index (χ3n) is 4.26. The van der Waals surface area contributed by atoms with Crippen LogP contribution >= 0.6 is 11.8 Å². The summed E-state index contributed by atoms with van der Waals surface area (Å²) in [5, 5.41) is 18.8. The predicted octanol–water partition coefficient (Wildman–Crippen LogP) is 4.55. The molecule has 0 atom stereocenters. The minimum atomic E-state index is 0.668. The SMILES string of the molecule is N#Cc1cccc(CSc2nnc(-c3ccncc3)n2Cc2ccccc2)c1. The number of benzene rings is 2. The molecule has 0 unspecified atom stereocenters. The smallest absolute Gasteiger partial charge is 0.192 e. The lowest BCUT2D eigenvalue weighted by molar-refractivity contribution is 0.714. The molecule has 5 nitrogen and oxygen atoms in total. The van der Waals surface area contributed by atoms with Crippen LogP contribution in [0.2, 0.25) is 0 Å². The minimum absolute atomic E-state index is 0.668. The lowest BCUT2D eigenvalue weighted by Crippen LogP contribution is -2.04. The van der Waals surface area contributed by atoms with Crippen molar-refractivity contribution in [2.45, 2.75) is 17.5 Å². The summed E-state index contributed by atoms with van der Waals surface area (Å²) >= 11 is 1.62. The molecular weight excluding hydrogens is 366 g/mol. The van der Waals surface area contributed by atoms with Crippen molar-refractivity contribution in [3.05, 3.63) is 95.8 Å². The molecule has 0 saturated carbocycles. The van der Waals surface area contributed by atoms with Crippen LogP contribution in [0.5, 0.6) is 0 Å². The number of hydrogen-bond donors (Lipinski definition) is 0. The van der Waals surface area contributed by atoms with E-state index in [2.05, 4.69) is 38.0 Å². The number of pyridine rings is 1. The van der Waals surface area contributed by atoms with Gasteiger partial charge < -0.3 is 0 Å². The number of nitrogens with zero attached hydrogens (tertiary/aromatic N) is 5. The van der Waals surface area contributed by atoms with Gasteiger partial charge in [0.15, 0.2) is 11.0 Å². The van der Waals surface area contributed by atoms with Crippen molar-refractivity contribution < 1.29 is 0 Å². The summed E-state index contributed by atoms with van der Waals surface area (Å²) < 4.78 is 2.13. The molecule has 0 fully saturated rings. The van der Waals surface area contributed by atoms with E-state index in [1.807, 2.05) is 54.6 Å². The molecule has 4 rings (SSSR count). The van der Waals surface area contributed by atoms with E-state index in [-0.39, 0.29) is 0 Å². The number of rotatable bonds is 6. The van der Waals surface area contributed by atoms with E-state index in [1.165, 1.54) is 5.56 Å². The zero-order chi connectivity index (χ0) is 19.2. The van der Waals surface area contributed by atoms with Crippen molar-refractivity contribution in [3.8, 4) is 17.5 Å². The lowest BCUT2D eigenvalue weighted by Gasteiger charge is -2.10. The normalized spacial score (nSPS) is 10.5. The van der Waals surface area contributed by atoms with E-state index in [1.54, 1.807) is 24.2 Å². The predicted molar refractivity (Wildman–Crippen MR) is 110 cm³/mol. The van der Waals surface area contributed by atoms with Crippen molar-refractivity contribution in [1.82, 2.24) is 19.7 Å². The summed E-state index contributed by atoms with van der Waals surface area (Å²) in [7, 11) is 0. The van der Waals surface area contributed by atoms with Crippen molar-refractivity contribution in [3.63, 3.8) is 0 Å². The van der Waals surface area contributed by atoms with Gasteiger partial charge in [0.2, 0.25) is 0 Å². The highest BCUT2D eigenvalue weighted by Gasteiger charge is 2.15. The Morgan fingerprint density at radius 1 is 0.893 bits per heavy atom. The van der Waals surface area contributed by atoms with Crippen LogP contribution in [0.4, 0.5) is 0 Å². The Morgan fingerprint density at radius 3 is 2.46 bits per heavy atom. The maximum absolute atomic E-state index is 9.10. The van der Waals surface area contributed by atoms with Gasteiger partial charge in [0, 0.05) is 23.7 Å². The van der Waals surface area contributed by atoms with E-state index in [0.29, 0.717) is 12.1 Å². The van der Waals surface area contributed by atoms with Crippen LogP contribution in [-0.4, -0.2) is 19.7 Å². The van der Waals surface area contributed by atoms with Crippen molar-refractivity contribution in [2.75, 3.05) is 0 Å². The summed E-state index contributed by atoms with van der Waals surface area (Å²) in [5.74, 6) is 1.54. The largest absolute Gasteiger partial charge is 0.298 e. The van der Waals surface area contributed by atoms with Gasteiger partial charge in [-0.1, -0.05) is 54.2 Å². The molecule has 28 heavy (non-hydrogen) atoms. The first-order valence-corrected chi connectivity index (χ1v) is 9.81. The van der Waals surface area contributed by atoms with Gasteiger partial charge in [-0.25, -0.2) is 0 Å². The Kier molecular flexibility index (Phi) is 5.46. The summed E-state index contributed by atoms with van der Waals surface area (Å²) in [6, 6.07) is 24.0. The van der Waals surface area contributed by atoms with Crippen LogP contribution in [0.15, 0.2) is 84.3 Å². The molecule has 0 N–H and O–H groups in total. The Morgan fingerprint density at radius 2 is 1.68 bits per heavy atom. The van der Waals surface area contributed by atoms with Crippen LogP contribution in [0.25, 0.3) is 11.4 Å². The molecule has 0 bridgehead atoms. The number of thioether (sulfide) groups is 1. The summed E-state index contributed by atoms with van der Waals surface area (Å²) in [6.07, 6.45) is 3.52. The van der Waals surface area contributed by atoms with E-state index >= 15 is 0 Å². The van der Waals surface area contributed by atoms with Gasteiger partial charge in [-0.15, -0.1) is 10.2 Å². The number of hydrogen-bond acceptors (Lipinski definition) is 5. The number of nitriles is 1. The van der Waals surface area contributed by atoms with Gasteiger partial charge in [-0.3, -0.25) is 9.55 Å². The van der Waals surface area contributed by atoms with Gasteiger partial charge >= 0.3 is 0 Å². The molecule has 0 aliphatic carbocycles. The average Bonchev–Trinajstić information content (AvgIpc) is 3.16. The molecular formula is C22H17N5S. The molecule has 2 heterocycles. The molecule has 2 aromatic heterocycles. The molecule has 2 aromatic carbocycles. The highest BCUT2D eigenvalue weighted by Crippen LogP contribution is 2.27. The van der Waals surface area contributed by atoms with Gasteiger partial charge in [-0.05, 0) is 35.4 Å². The second-order valence-corrected chi connectivity index (χ2v) is 7.16. The van der Waals surface area contributed by atoms with Crippen molar-refractivity contribution in [2.24, 2.45) is 0 Å². The fourth-order valence-corrected chi connectivity index (χ4v) is 3.78. The fraction of sp³-hybridized carbons (Fsp3) is 0.0909. The first kappa shape index (κ1) is 18.0. The van der Waals surface area contributed by atoms with E-state index in [4.69, 9.17) is 5.26 Å². The van der Waals surface area contributed by atoms with Crippen LogP contribution in [-0.2, 0) is 12.3 Å². The summed E-state index contributed by atoms with van der Waals surface area (Å²) in [5.41, 5.74) is 3.92. The van der Waals surface area contributed by atoms with Crippen LogP contribution in [0.3, 0.4) is 0 Å². The Bertz CT molecular complexity index is 1100.